The Hall–Kier alpha value is -2.30. The van der Waals surface area contributed by atoms with Gasteiger partial charge >= 0.3 is 0 Å². The summed E-state index contributed by atoms with van der Waals surface area (Å²) in [6.07, 6.45) is 0.828. The van der Waals surface area contributed by atoms with Gasteiger partial charge in [0.2, 0.25) is 0 Å². The molecular weight excluding hydrogens is 240 g/mol. The SMILES string of the molecule is CCc1cc(C(=O)Nc2ccccc2N(C)C)n[nH]1. The average molecular weight is 258 g/mol. The highest BCUT2D eigenvalue weighted by Gasteiger charge is 2.12. The van der Waals surface area contributed by atoms with Crippen LogP contribution in [0.2, 0.25) is 0 Å². The molecule has 0 aliphatic heterocycles. The summed E-state index contributed by atoms with van der Waals surface area (Å²) in [5, 5.41) is 9.73. The van der Waals surface area contributed by atoms with Crippen molar-refractivity contribution >= 4 is 17.3 Å². The Morgan fingerprint density at radius 1 is 1.37 bits per heavy atom. The zero-order valence-electron chi connectivity index (χ0n) is 11.4. The first kappa shape index (κ1) is 13.1. The highest BCUT2D eigenvalue weighted by molar-refractivity contribution is 6.04. The van der Waals surface area contributed by atoms with Gasteiger partial charge in [-0.25, -0.2) is 0 Å². The normalized spacial score (nSPS) is 10.3. The van der Waals surface area contributed by atoms with Gasteiger partial charge in [0.15, 0.2) is 5.69 Å². The fourth-order valence-corrected chi connectivity index (χ4v) is 1.81. The molecule has 2 aromatic rings. The molecule has 0 aliphatic carbocycles. The van der Waals surface area contributed by atoms with Crippen LogP contribution in [0.4, 0.5) is 11.4 Å². The van der Waals surface area contributed by atoms with E-state index in [2.05, 4.69) is 15.5 Å². The van der Waals surface area contributed by atoms with Crippen molar-refractivity contribution in [3.8, 4) is 0 Å². The zero-order valence-corrected chi connectivity index (χ0v) is 11.4. The molecule has 1 amide bonds. The number of nitrogens with zero attached hydrogens (tertiary/aromatic N) is 2. The quantitative estimate of drug-likeness (QED) is 0.884. The molecule has 0 saturated carbocycles. The Morgan fingerprint density at radius 3 is 2.74 bits per heavy atom. The number of nitrogens with one attached hydrogen (secondary N) is 2. The number of carbonyl (C=O) groups is 1. The van der Waals surface area contributed by atoms with Gasteiger partial charge in [-0.05, 0) is 24.6 Å². The van der Waals surface area contributed by atoms with Crippen LogP contribution in [0, 0.1) is 0 Å². The molecule has 0 spiro atoms. The summed E-state index contributed by atoms with van der Waals surface area (Å²) in [4.78, 5) is 14.1. The second kappa shape index (κ2) is 5.56. The Bertz CT molecular complexity index is 574. The number of hydrogen-bond donors (Lipinski definition) is 2. The minimum atomic E-state index is -0.203. The van der Waals surface area contributed by atoms with Gasteiger partial charge in [-0.1, -0.05) is 19.1 Å². The number of benzene rings is 1. The molecular formula is C14H18N4O. The molecule has 0 aliphatic rings. The summed E-state index contributed by atoms with van der Waals surface area (Å²) in [6, 6.07) is 9.44. The molecule has 100 valence electrons. The highest BCUT2D eigenvalue weighted by Crippen LogP contribution is 2.23. The fourth-order valence-electron chi connectivity index (χ4n) is 1.81. The molecule has 1 aromatic carbocycles. The summed E-state index contributed by atoms with van der Waals surface area (Å²) < 4.78 is 0. The lowest BCUT2D eigenvalue weighted by atomic mass is 10.2. The van der Waals surface area contributed by atoms with Crippen LogP contribution >= 0.6 is 0 Å². The van der Waals surface area contributed by atoms with Gasteiger partial charge in [-0.3, -0.25) is 9.89 Å². The molecule has 5 nitrogen and oxygen atoms in total. The number of anilines is 2. The number of aryl methyl sites for hydroxylation is 1. The molecule has 0 fully saturated rings. The van der Waals surface area contributed by atoms with Crippen LogP contribution in [0.1, 0.15) is 23.1 Å². The van der Waals surface area contributed by atoms with Gasteiger partial charge in [0, 0.05) is 19.8 Å². The number of H-pyrrole nitrogens is 1. The summed E-state index contributed by atoms with van der Waals surface area (Å²) in [7, 11) is 3.88. The van der Waals surface area contributed by atoms with Gasteiger partial charge in [0.25, 0.3) is 5.91 Å². The smallest absolute Gasteiger partial charge is 0.276 e. The average Bonchev–Trinajstić information content (AvgIpc) is 2.88. The predicted molar refractivity (Wildman–Crippen MR) is 76.7 cm³/mol. The van der Waals surface area contributed by atoms with E-state index in [1.807, 2.05) is 50.2 Å². The monoisotopic (exact) mass is 258 g/mol. The van der Waals surface area contributed by atoms with E-state index in [4.69, 9.17) is 0 Å². The van der Waals surface area contributed by atoms with E-state index in [1.54, 1.807) is 6.07 Å². The number of rotatable bonds is 4. The van der Waals surface area contributed by atoms with Gasteiger partial charge < -0.3 is 10.2 Å². The van der Waals surface area contributed by atoms with E-state index in [1.165, 1.54) is 0 Å². The van der Waals surface area contributed by atoms with E-state index in [0.717, 1.165) is 23.5 Å². The number of carbonyl (C=O) groups excluding carboxylic acids is 1. The molecule has 2 N–H and O–H groups in total. The lowest BCUT2D eigenvalue weighted by Gasteiger charge is -2.17. The standard InChI is InChI=1S/C14H18N4O/c1-4-10-9-12(17-16-10)14(19)15-11-7-5-6-8-13(11)18(2)3/h5-9H,4H2,1-3H3,(H,15,19)(H,16,17). The maximum absolute atomic E-state index is 12.1. The Morgan fingerprint density at radius 2 is 2.11 bits per heavy atom. The molecule has 0 unspecified atom stereocenters. The number of para-hydroxylation sites is 2. The van der Waals surface area contributed by atoms with E-state index in [0.29, 0.717) is 5.69 Å². The van der Waals surface area contributed by atoms with Gasteiger partial charge in [0.1, 0.15) is 0 Å². The largest absolute Gasteiger partial charge is 0.376 e. The first-order chi connectivity index (χ1) is 9.11. The maximum Gasteiger partial charge on any atom is 0.276 e. The minimum Gasteiger partial charge on any atom is -0.376 e. The van der Waals surface area contributed by atoms with Crippen LogP contribution in [0.25, 0.3) is 0 Å². The molecule has 0 saturated heterocycles. The van der Waals surface area contributed by atoms with Gasteiger partial charge in [0.05, 0.1) is 11.4 Å². The molecule has 19 heavy (non-hydrogen) atoms. The van der Waals surface area contributed by atoms with Crippen molar-refractivity contribution in [3.63, 3.8) is 0 Å². The summed E-state index contributed by atoms with van der Waals surface area (Å²) in [5.74, 6) is -0.203. The van der Waals surface area contributed by atoms with Crippen LogP contribution in [-0.4, -0.2) is 30.2 Å². The van der Waals surface area contributed by atoms with E-state index < -0.39 is 0 Å². The molecule has 0 atom stereocenters. The van der Waals surface area contributed by atoms with E-state index in [-0.39, 0.29) is 5.91 Å². The van der Waals surface area contributed by atoms with Crippen molar-refractivity contribution in [1.82, 2.24) is 10.2 Å². The molecule has 0 radical (unpaired) electrons. The van der Waals surface area contributed by atoms with Crippen LogP contribution in [0.15, 0.2) is 30.3 Å². The number of hydrogen-bond acceptors (Lipinski definition) is 3. The maximum atomic E-state index is 12.1. The van der Waals surface area contributed by atoms with Crippen LogP contribution in [0.5, 0.6) is 0 Å². The van der Waals surface area contributed by atoms with Crippen molar-refractivity contribution in [2.75, 3.05) is 24.3 Å². The first-order valence-electron chi connectivity index (χ1n) is 6.23. The fraction of sp³-hybridized carbons (Fsp3) is 0.286. The number of aromatic nitrogens is 2. The topological polar surface area (TPSA) is 61.0 Å². The lowest BCUT2D eigenvalue weighted by molar-refractivity contribution is 0.102. The van der Waals surface area contributed by atoms with Crippen molar-refractivity contribution in [3.05, 3.63) is 41.7 Å². The Labute approximate surface area is 112 Å². The predicted octanol–water partition coefficient (Wildman–Crippen LogP) is 2.29. The second-order valence-electron chi connectivity index (χ2n) is 4.50. The Balaban J connectivity index is 2.19. The van der Waals surface area contributed by atoms with Crippen molar-refractivity contribution in [2.45, 2.75) is 13.3 Å². The van der Waals surface area contributed by atoms with Gasteiger partial charge in [-0.15, -0.1) is 0 Å². The third-order valence-corrected chi connectivity index (χ3v) is 2.88. The third kappa shape index (κ3) is 2.93. The van der Waals surface area contributed by atoms with E-state index >= 15 is 0 Å². The molecule has 2 rings (SSSR count). The third-order valence-electron chi connectivity index (χ3n) is 2.88. The van der Waals surface area contributed by atoms with Crippen LogP contribution in [0.3, 0.4) is 0 Å². The summed E-state index contributed by atoms with van der Waals surface area (Å²) in [6.45, 7) is 2.01. The number of aromatic amines is 1. The first-order valence-corrected chi connectivity index (χ1v) is 6.23. The lowest BCUT2D eigenvalue weighted by Crippen LogP contribution is -2.16. The van der Waals surface area contributed by atoms with Crippen LogP contribution < -0.4 is 10.2 Å². The molecule has 1 heterocycles. The summed E-state index contributed by atoms with van der Waals surface area (Å²) >= 11 is 0. The van der Waals surface area contributed by atoms with Crippen LogP contribution in [-0.2, 0) is 6.42 Å². The molecule has 0 bridgehead atoms. The summed E-state index contributed by atoms with van der Waals surface area (Å²) in [5.41, 5.74) is 3.09. The molecule has 1 aromatic heterocycles. The molecule has 5 heteroatoms. The second-order valence-corrected chi connectivity index (χ2v) is 4.50. The van der Waals surface area contributed by atoms with Crippen molar-refractivity contribution in [1.29, 1.82) is 0 Å². The zero-order chi connectivity index (χ0) is 13.8. The Kier molecular flexibility index (Phi) is 3.85. The van der Waals surface area contributed by atoms with Gasteiger partial charge in [-0.2, -0.15) is 5.10 Å². The minimum absolute atomic E-state index is 0.203. The highest BCUT2D eigenvalue weighted by atomic mass is 16.1. The number of amides is 1. The van der Waals surface area contributed by atoms with Crippen molar-refractivity contribution < 1.29 is 4.79 Å². The van der Waals surface area contributed by atoms with E-state index in [9.17, 15) is 4.79 Å². The van der Waals surface area contributed by atoms with Crippen molar-refractivity contribution in [2.24, 2.45) is 0 Å².